The molecule has 5 aliphatic heterocycles. The third-order valence-corrected chi connectivity index (χ3v) is 8.99. The molecule has 0 radical (unpaired) electrons. The van der Waals surface area contributed by atoms with Crippen molar-refractivity contribution in [1.82, 2.24) is 29.6 Å². The van der Waals surface area contributed by atoms with Crippen LogP contribution in [0.1, 0.15) is 38.5 Å². The lowest BCUT2D eigenvalue weighted by molar-refractivity contribution is -0.144. The lowest BCUT2D eigenvalue weighted by Crippen LogP contribution is -2.62. The zero-order valence-corrected chi connectivity index (χ0v) is 21.0. The molecule has 0 aliphatic carbocycles. The maximum atomic E-state index is 13.4. The van der Waals surface area contributed by atoms with Crippen LogP contribution in [0.25, 0.3) is 0 Å². The number of anilines is 1. The summed E-state index contributed by atoms with van der Waals surface area (Å²) in [5, 5.41) is 0. The van der Waals surface area contributed by atoms with E-state index in [2.05, 4.69) is 19.8 Å². The normalized spacial score (nSPS) is 29.3. The molecular formula is C26H37N7O3. The molecular weight excluding hydrogens is 458 g/mol. The van der Waals surface area contributed by atoms with E-state index in [4.69, 9.17) is 0 Å². The first-order valence-electron chi connectivity index (χ1n) is 13.7. The van der Waals surface area contributed by atoms with Gasteiger partial charge in [-0.3, -0.25) is 9.59 Å². The summed E-state index contributed by atoms with van der Waals surface area (Å²) in [6.07, 6.45) is 8.84. The summed E-state index contributed by atoms with van der Waals surface area (Å²) in [6.45, 7) is 6.48. The highest BCUT2D eigenvalue weighted by molar-refractivity contribution is 5.80. The van der Waals surface area contributed by atoms with E-state index in [0.717, 1.165) is 70.8 Å². The second-order valence-electron chi connectivity index (χ2n) is 11.2. The van der Waals surface area contributed by atoms with Crippen LogP contribution < -0.4 is 4.90 Å². The highest BCUT2D eigenvalue weighted by Gasteiger charge is 2.45. The van der Waals surface area contributed by atoms with E-state index in [9.17, 15) is 14.4 Å². The first kappa shape index (κ1) is 23.5. The van der Waals surface area contributed by atoms with Gasteiger partial charge in [-0.25, -0.2) is 14.8 Å². The van der Waals surface area contributed by atoms with Crippen LogP contribution in [-0.2, 0) is 9.59 Å². The van der Waals surface area contributed by atoms with Crippen molar-refractivity contribution in [3.05, 3.63) is 18.5 Å². The van der Waals surface area contributed by atoms with Crippen LogP contribution in [-0.4, -0.2) is 112 Å². The number of hydrogen-bond acceptors (Lipinski definition) is 6. The molecule has 1 aromatic rings. The summed E-state index contributed by atoms with van der Waals surface area (Å²) in [5.74, 6) is 2.06. The average molecular weight is 496 g/mol. The standard InChI is InChI=1S/C26H37N7O3/c34-23-4-1-3-22-21-15-19(17-33(22)23)16-32(18-21)26(36)31-9-5-20(6-10-31)24(35)29-11-13-30(14-12-29)25-27-7-2-8-28-25/h2,7-8,19-22H,1,3-6,9-18H2/t19-,21+,22+/m0/s1. The number of aromatic nitrogens is 2. The number of piperazine rings is 1. The van der Waals surface area contributed by atoms with Gasteiger partial charge in [-0.05, 0) is 50.0 Å². The van der Waals surface area contributed by atoms with Crippen molar-refractivity contribution in [2.75, 3.05) is 63.8 Å². The van der Waals surface area contributed by atoms with Gasteiger partial charge in [0.1, 0.15) is 0 Å². The molecule has 194 valence electrons. The molecule has 0 N–H and O–H groups in total. The number of carbonyl (C=O) groups is 3. The second kappa shape index (κ2) is 9.86. The first-order chi connectivity index (χ1) is 17.6. The van der Waals surface area contributed by atoms with Gasteiger partial charge in [0.2, 0.25) is 17.8 Å². The summed E-state index contributed by atoms with van der Waals surface area (Å²) in [6, 6.07) is 2.25. The maximum absolute atomic E-state index is 13.4. The Balaban J connectivity index is 0.989. The van der Waals surface area contributed by atoms with E-state index < -0.39 is 0 Å². The molecule has 3 atom stereocenters. The summed E-state index contributed by atoms with van der Waals surface area (Å²) in [5.41, 5.74) is 0. The number of urea groups is 1. The molecule has 5 fully saturated rings. The number of carbonyl (C=O) groups excluding carboxylic acids is 3. The quantitative estimate of drug-likeness (QED) is 0.614. The molecule has 2 bridgehead atoms. The van der Waals surface area contributed by atoms with Crippen molar-refractivity contribution in [2.24, 2.45) is 17.8 Å². The minimum Gasteiger partial charge on any atom is -0.339 e. The number of rotatable bonds is 2. The summed E-state index contributed by atoms with van der Waals surface area (Å²) in [4.78, 5) is 57.9. The van der Waals surface area contributed by atoms with Gasteiger partial charge in [-0.1, -0.05) is 0 Å². The van der Waals surface area contributed by atoms with Crippen LogP contribution in [0.3, 0.4) is 0 Å². The number of hydrogen-bond donors (Lipinski definition) is 0. The molecule has 0 spiro atoms. The molecule has 6 rings (SSSR count). The maximum Gasteiger partial charge on any atom is 0.320 e. The van der Waals surface area contributed by atoms with E-state index in [1.807, 2.05) is 20.8 Å². The van der Waals surface area contributed by atoms with Crippen molar-refractivity contribution >= 4 is 23.8 Å². The van der Waals surface area contributed by atoms with E-state index in [1.54, 1.807) is 12.4 Å². The van der Waals surface area contributed by atoms with Gasteiger partial charge in [0.25, 0.3) is 0 Å². The van der Waals surface area contributed by atoms with Gasteiger partial charge in [-0.15, -0.1) is 0 Å². The molecule has 0 saturated carbocycles. The summed E-state index contributed by atoms with van der Waals surface area (Å²) < 4.78 is 0. The average Bonchev–Trinajstić information content (AvgIpc) is 2.93. The number of nitrogens with zero attached hydrogens (tertiary/aromatic N) is 7. The number of fused-ring (bicyclic) bond motifs is 4. The van der Waals surface area contributed by atoms with Crippen molar-refractivity contribution in [3.8, 4) is 0 Å². The van der Waals surface area contributed by atoms with Gasteiger partial charge in [0, 0.05) is 89.7 Å². The van der Waals surface area contributed by atoms with Gasteiger partial charge < -0.3 is 24.5 Å². The molecule has 6 heterocycles. The summed E-state index contributed by atoms with van der Waals surface area (Å²) in [7, 11) is 0. The zero-order valence-electron chi connectivity index (χ0n) is 21.0. The molecule has 5 aliphatic rings. The Labute approximate surface area is 212 Å². The highest BCUT2D eigenvalue weighted by atomic mass is 16.2. The third kappa shape index (κ3) is 4.50. The Morgan fingerprint density at radius 2 is 1.58 bits per heavy atom. The van der Waals surface area contributed by atoms with Crippen LogP contribution in [0.5, 0.6) is 0 Å². The molecule has 10 heteroatoms. The topological polar surface area (TPSA) is 93.2 Å². The van der Waals surface area contributed by atoms with Crippen LogP contribution in [0, 0.1) is 17.8 Å². The fourth-order valence-electron chi connectivity index (χ4n) is 7.12. The highest BCUT2D eigenvalue weighted by Crippen LogP contribution is 2.38. The minimum atomic E-state index is -0.00359. The van der Waals surface area contributed by atoms with Crippen molar-refractivity contribution < 1.29 is 14.4 Å². The van der Waals surface area contributed by atoms with Gasteiger partial charge in [-0.2, -0.15) is 0 Å². The summed E-state index contributed by atoms with van der Waals surface area (Å²) >= 11 is 0. The smallest absolute Gasteiger partial charge is 0.320 e. The van der Waals surface area contributed by atoms with Crippen LogP contribution in [0.15, 0.2) is 18.5 Å². The van der Waals surface area contributed by atoms with Gasteiger partial charge in [0.05, 0.1) is 0 Å². The Morgan fingerprint density at radius 1 is 0.833 bits per heavy atom. The monoisotopic (exact) mass is 495 g/mol. The zero-order chi connectivity index (χ0) is 24.6. The molecule has 0 aromatic carbocycles. The van der Waals surface area contributed by atoms with Crippen molar-refractivity contribution in [1.29, 1.82) is 0 Å². The van der Waals surface area contributed by atoms with Crippen LogP contribution in [0.2, 0.25) is 0 Å². The van der Waals surface area contributed by atoms with Crippen LogP contribution in [0.4, 0.5) is 10.7 Å². The number of likely N-dealkylation sites (tertiary alicyclic amines) is 2. The number of piperidine rings is 4. The van der Waals surface area contributed by atoms with E-state index >= 15 is 0 Å². The fourth-order valence-corrected chi connectivity index (χ4v) is 7.12. The minimum absolute atomic E-state index is 0.00359. The Hall–Kier alpha value is -2.91. The largest absolute Gasteiger partial charge is 0.339 e. The Bertz CT molecular complexity index is 975. The van der Waals surface area contributed by atoms with Crippen molar-refractivity contribution in [3.63, 3.8) is 0 Å². The van der Waals surface area contributed by atoms with E-state index in [1.165, 1.54) is 0 Å². The van der Waals surface area contributed by atoms with Gasteiger partial charge in [0.15, 0.2) is 0 Å². The molecule has 36 heavy (non-hydrogen) atoms. The Morgan fingerprint density at radius 3 is 2.33 bits per heavy atom. The molecule has 5 saturated heterocycles. The second-order valence-corrected chi connectivity index (χ2v) is 11.2. The van der Waals surface area contributed by atoms with E-state index in [-0.39, 0.29) is 17.9 Å². The predicted octanol–water partition coefficient (Wildman–Crippen LogP) is 1.29. The fraction of sp³-hybridized carbons (Fsp3) is 0.731. The molecule has 10 nitrogen and oxygen atoms in total. The van der Waals surface area contributed by atoms with E-state index in [0.29, 0.717) is 56.4 Å². The first-order valence-corrected chi connectivity index (χ1v) is 13.7. The van der Waals surface area contributed by atoms with Crippen LogP contribution >= 0.6 is 0 Å². The third-order valence-electron chi connectivity index (χ3n) is 8.99. The molecule has 0 unspecified atom stereocenters. The SMILES string of the molecule is O=C(C1CCN(C(=O)N2C[C@@H]3C[C@H](C2)[C@H]2CCCC(=O)N2C3)CC1)N1CCN(c2ncccn2)CC1. The van der Waals surface area contributed by atoms with Crippen molar-refractivity contribution in [2.45, 2.75) is 44.6 Å². The lowest BCUT2D eigenvalue weighted by atomic mass is 9.76. The molecule has 4 amide bonds. The lowest BCUT2D eigenvalue weighted by Gasteiger charge is -2.53. The predicted molar refractivity (Wildman–Crippen MR) is 133 cm³/mol. The molecule has 1 aromatic heterocycles. The van der Waals surface area contributed by atoms with Gasteiger partial charge >= 0.3 is 6.03 Å². The Kier molecular flexibility index (Phi) is 6.43. The number of amides is 4.